The number of methoxy groups -OCH3 is 2. The molecule has 1 aromatic rings. The summed E-state index contributed by atoms with van der Waals surface area (Å²) >= 11 is 0. The highest BCUT2D eigenvalue weighted by Gasteiger charge is 2.50. The number of ether oxygens (including phenoxy) is 2. The lowest BCUT2D eigenvalue weighted by atomic mass is 9.77. The van der Waals surface area contributed by atoms with E-state index in [4.69, 9.17) is 9.47 Å². The smallest absolute Gasteiger partial charge is 0.227 e. The number of nitrogens with zero attached hydrogens (tertiary/aromatic N) is 2. The number of amides is 1. The van der Waals surface area contributed by atoms with E-state index in [1.165, 1.54) is 0 Å². The Bertz CT molecular complexity index is 606. The van der Waals surface area contributed by atoms with Crippen molar-refractivity contribution in [3.8, 4) is 5.75 Å². The number of likely N-dealkylation sites (tertiary alicyclic amines) is 2. The standard InChI is InChI=1S/C20H30N2O3/c1-4-21-12-17(13-24-2)20(14-21)8-9-22(15-20)19(23)11-16-6-5-7-18(10-16)25-3/h5-7,10,17H,4,8-9,11-15H2,1-3H3/t17-,20+/m0/s1. The molecule has 2 aliphatic heterocycles. The van der Waals surface area contributed by atoms with Crippen molar-refractivity contribution in [1.29, 1.82) is 0 Å². The van der Waals surface area contributed by atoms with Crippen LogP contribution < -0.4 is 4.74 Å². The third kappa shape index (κ3) is 3.82. The summed E-state index contributed by atoms with van der Waals surface area (Å²) in [7, 11) is 3.43. The van der Waals surface area contributed by atoms with Gasteiger partial charge < -0.3 is 19.3 Å². The van der Waals surface area contributed by atoms with Gasteiger partial charge in [-0.15, -0.1) is 0 Å². The Kier molecular flexibility index (Phi) is 5.64. The van der Waals surface area contributed by atoms with Crippen LogP contribution >= 0.6 is 0 Å². The first-order valence-corrected chi connectivity index (χ1v) is 9.22. The van der Waals surface area contributed by atoms with E-state index in [0.29, 0.717) is 12.3 Å². The third-order valence-corrected chi connectivity index (χ3v) is 5.93. The summed E-state index contributed by atoms with van der Waals surface area (Å²) in [4.78, 5) is 17.4. The Morgan fingerprint density at radius 3 is 2.88 bits per heavy atom. The molecule has 0 radical (unpaired) electrons. The Morgan fingerprint density at radius 2 is 2.16 bits per heavy atom. The summed E-state index contributed by atoms with van der Waals surface area (Å²) in [5.74, 6) is 1.54. The van der Waals surface area contributed by atoms with E-state index in [2.05, 4.69) is 16.7 Å². The largest absolute Gasteiger partial charge is 0.497 e. The Morgan fingerprint density at radius 1 is 1.32 bits per heavy atom. The van der Waals surface area contributed by atoms with E-state index in [0.717, 1.165) is 57.1 Å². The van der Waals surface area contributed by atoms with Crippen LogP contribution in [0.25, 0.3) is 0 Å². The van der Waals surface area contributed by atoms with Crippen molar-refractivity contribution >= 4 is 5.91 Å². The molecular weight excluding hydrogens is 316 g/mol. The monoisotopic (exact) mass is 346 g/mol. The molecule has 1 spiro atoms. The third-order valence-electron chi connectivity index (χ3n) is 5.93. The molecule has 1 aromatic carbocycles. The van der Waals surface area contributed by atoms with Crippen molar-refractivity contribution in [3.05, 3.63) is 29.8 Å². The van der Waals surface area contributed by atoms with Gasteiger partial charge in [-0.05, 0) is 30.7 Å². The van der Waals surface area contributed by atoms with Crippen LogP contribution in [-0.4, -0.2) is 69.3 Å². The highest BCUT2D eigenvalue weighted by atomic mass is 16.5. The second-order valence-corrected chi connectivity index (χ2v) is 7.44. The first-order valence-electron chi connectivity index (χ1n) is 9.22. The Balaban J connectivity index is 1.65. The maximum Gasteiger partial charge on any atom is 0.227 e. The van der Waals surface area contributed by atoms with E-state index in [-0.39, 0.29) is 11.3 Å². The molecule has 0 saturated carbocycles. The molecule has 5 heteroatoms. The zero-order valence-corrected chi connectivity index (χ0v) is 15.7. The highest BCUT2D eigenvalue weighted by Crippen LogP contribution is 2.44. The van der Waals surface area contributed by atoms with E-state index < -0.39 is 0 Å². The van der Waals surface area contributed by atoms with Crippen molar-refractivity contribution in [2.75, 3.05) is 53.6 Å². The minimum absolute atomic E-state index is 0.204. The average Bonchev–Trinajstić information content (AvgIpc) is 3.20. The maximum absolute atomic E-state index is 12.8. The van der Waals surface area contributed by atoms with Crippen molar-refractivity contribution in [2.24, 2.45) is 11.3 Å². The lowest BCUT2D eigenvalue weighted by molar-refractivity contribution is -0.130. The van der Waals surface area contributed by atoms with Crippen molar-refractivity contribution < 1.29 is 14.3 Å². The van der Waals surface area contributed by atoms with Gasteiger partial charge in [-0.25, -0.2) is 0 Å². The lowest BCUT2D eigenvalue weighted by Gasteiger charge is -2.30. The van der Waals surface area contributed by atoms with E-state index >= 15 is 0 Å². The van der Waals surface area contributed by atoms with Crippen LogP contribution in [0.3, 0.4) is 0 Å². The molecule has 0 aliphatic carbocycles. The average molecular weight is 346 g/mol. The predicted molar refractivity (Wildman–Crippen MR) is 97.8 cm³/mol. The first-order chi connectivity index (χ1) is 12.1. The molecule has 2 aliphatic rings. The molecule has 138 valence electrons. The van der Waals surface area contributed by atoms with Crippen LogP contribution in [0.2, 0.25) is 0 Å². The molecule has 25 heavy (non-hydrogen) atoms. The fraction of sp³-hybridized carbons (Fsp3) is 0.650. The molecule has 5 nitrogen and oxygen atoms in total. The number of hydrogen-bond acceptors (Lipinski definition) is 4. The van der Waals surface area contributed by atoms with Crippen LogP contribution in [0.15, 0.2) is 24.3 Å². The Hall–Kier alpha value is -1.59. The van der Waals surface area contributed by atoms with Crippen LogP contribution in [0, 0.1) is 11.3 Å². The molecular formula is C20H30N2O3. The van der Waals surface area contributed by atoms with Crippen LogP contribution in [-0.2, 0) is 16.0 Å². The van der Waals surface area contributed by atoms with Gasteiger partial charge >= 0.3 is 0 Å². The van der Waals surface area contributed by atoms with Crippen LogP contribution in [0.4, 0.5) is 0 Å². The van der Waals surface area contributed by atoms with Crippen molar-refractivity contribution in [2.45, 2.75) is 19.8 Å². The second kappa shape index (κ2) is 7.75. The summed E-state index contributed by atoms with van der Waals surface area (Å²) < 4.78 is 10.7. The fourth-order valence-corrected chi connectivity index (χ4v) is 4.46. The molecule has 1 amide bonds. The summed E-state index contributed by atoms with van der Waals surface area (Å²) in [6.45, 7) is 7.96. The van der Waals surface area contributed by atoms with Crippen LogP contribution in [0.5, 0.6) is 5.75 Å². The van der Waals surface area contributed by atoms with Crippen LogP contribution in [0.1, 0.15) is 18.9 Å². The molecule has 2 saturated heterocycles. The SMILES string of the molecule is CCN1C[C@@H](COC)[C@]2(CCN(C(=O)Cc3cccc(OC)c3)C2)C1. The fourth-order valence-electron chi connectivity index (χ4n) is 4.46. The van der Waals surface area contributed by atoms with Crippen molar-refractivity contribution in [1.82, 2.24) is 9.80 Å². The minimum Gasteiger partial charge on any atom is -0.497 e. The molecule has 0 unspecified atom stereocenters. The molecule has 0 aromatic heterocycles. The van der Waals surface area contributed by atoms with Gasteiger partial charge in [0, 0.05) is 44.6 Å². The summed E-state index contributed by atoms with van der Waals surface area (Å²) in [5, 5.41) is 0. The summed E-state index contributed by atoms with van der Waals surface area (Å²) in [6.07, 6.45) is 1.53. The molecule has 0 N–H and O–H groups in total. The van der Waals surface area contributed by atoms with Gasteiger partial charge in [0.25, 0.3) is 0 Å². The van der Waals surface area contributed by atoms with Gasteiger partial charge in [-0.1, -0.05) is 19.1 Å². The van der Waals surface area contributed by atoms with Gasteiger partial charge in [0.05, 0.1) is 20.1 Å². The molecule has 0 bridgehead atoms. The predicted octanol–water partition coefficient (Wildman–Crippen LogP) is 2.05. The molecule has 2 fully saturated rings. The second-order valence-electron chi connectivity index (χ2n) is 7.44. The lowest BCUT2D eigenvalue weighted by Crippen LogP contribution is -2.38. The molecule has 3 rings (SSSR count). The van der Waals surface area contributed by atoms with E-state index in [1.807, 2.05) is 24.3 Å². The zero-order chi connectivity index (χ0) is 17.9. The first kappa shape index (κ1) is 18.2. The topological polar surface area (TPSA) is 42.0 Å². The number of rotatable bonds is 6. The summed E-state index contributed by atoms with van der Waals surface area (Å²) in [6, 6.07) is 7.80. The number of benzene rings is 1. The maximum atomic E-state index is 12.8. The number of hydrogen-bond donors (Lipinski definition) is 0. The Labute approximate surface area is 150 Å². The summed E-state index contributed by atoms with van der Waals surface area (Å²) in [5.41, 5.74) is 1.22. The minimum atomic E-state index is 0.204. The van der Waals surface area contributed by atoms with Gasteiger partial charge in [0.1, 0.15) is 5.75 Å². The number of carbonyl (C=O) groups is 1. The number of carbonyl (C=O) groups excluding carboxylic acids is 1. The highest BCUT2D eigenvalue weighted by molar-refractivity contribution is 5.79. The van der Waals surface area contributed by atoms with Gasteiger partial charge in [-0.2, -0.15) is 0 Å². The quantitative estimate of drug-likeness (QED) is 0.791. The molecule has 2 heterocycles. The van der Waals surface area contributed by atoms with Gasteiger partial charge in [0.2, 0.25) is 5.91 Å². The zero-order valence-electron chi connectivity index (χ0n) is 15.7. The van der Waals surface area contributed by atoms with Gasteiger partial charge in [-0.3, -0.25) is 4.79 Å². The molecule has 2 atom stereocenters. The van der Waals surface area contributed by atoms with E-state index in [1.54, 1.807) is 14.2 Å². The van der Waals surface area contributed by atoms with Crippen molar-refractivity contribution in [3.63, 3.8) is 0 Å². The van der Waals surface area contributed by atoms with Gasteiger partial charge in [0.15, 0.2) is 0 Å². The normalized spacial score (nSPS) is 26.5. The van der Waals surface area contributed by atoms with E-state index in [9.17, 15) is 4.79 Å².